The summed E-state index contributed by atoms with van der Waals surface area (Å²) in [5.41, 5.74) is 0.725. The highest BCUT2D eigenvalue weighted by Crippen LogP contribution is 2.29. The lowest BCUT2D eigenvalue weighted by molar-refractivity contribution is -0.132. The maximum atomic E-state index is 15.3. The number of amides is 2. The van der Waals surface area contributed by atoms with Crippen LogP contribution >= 0.6 is 12.1 Å². The van der Waals surface area contributed by atoms with Crippen molar-refractivity contribution >= 4 is 40.8 Å². The number of carbonyl (C=O) groups is 2. The van der Waals surface area contributed by atoms with Gasteiger partial charge in [-0.3, -0.25) is 4.79 Å². The summed E-state index contributed by atoms with van der Waals surface area (Å²) in [6.45, 7) is 2.68. The number of anilines is 1. The van der Waals surface area contributed by atoms with Gasteiger partial charge in [0.05, 0.1) is 12.1 Å². The zero-order chi connectivity index (χ0) is 28.1. The summed E-state index contributed by atoms with van der Waals surface area (Å²) in [5.74, 6) is -0.428. The van der Waals surface area contributed by atoms with Crippen molar-refractivity contribution in [2.45, 2.75) is 12.8 Å². The van der Waals surface area contributed by atoms with Gasteiger partial charge in [0.15, 0.2) is 5.82 Å². The molecule has 12 heteroatoms. The van der Waals surface area contributed by atoms with Crippen LogP contribution in [0.1, 0.15) is 16.7 Å². The van der Waals surface area contributed by atoms with Gasteiger partial charge in [-0.25, -0.2) is 18.7 Å². The summed E-state index contributed by atoms with van der Waals surface area (Å²) in [4.78, 5) is 43.9. The third-order valence-corrected chi connectivity index (χ3v) is 7.08. The van der Waals surface area contributed by atoms with E-state index >= 15 is 4.39 Å². The fourth-order valence-corrected chi connectivity index (χ4v) is 4.70. The van der Waals surface area contributed by atoms with Crippen LogP contribution in [0.2, 0.25) is 0 Å². The molecule has 208 valence electrons. The fourth-order valence-electron chi connectivity index (χ4n) is 4.33. The molecule has 1 aliphatic heterocycles. The van der Waals surface area contributed by atoms with Crippen LogP contribution in [0.5, 0.6) is 5.75 Å². The Labute approximate surface area is 230 Å². The number of benzene rings is 2. The number of nitrogens with zero attached hydrogens (tertiary/aromatic N) is 3. The van der Waals surface area contributed by atoms with Crippen LogP contribution in [0.4, 0.5) is 14.9 Å². The topological polar surface area (TPSA) is 107 Å². The fraction of sp³-hybridized carbons (Fsp3) is 0.370. The van der Waals surface area contributed by atoms with Crippen LogP contribution < -0.4 is 19.8 Å². The van der Waals surface area contributed by atoms with E-state index in [-0.39, 0.29) is 46.9 Å². The van der Waals surface area contributed by atoms with E-state index in [1.165, 1.54) is 11.0 Å². The normalized spacial score (nSPS) is 13.9. The van der Waals surface area contributed by atoms with Gasteiger partial charge in [0, 0.05) is 75.8 Å². The minimum absolute atomic E-state index is 0.0485. The molecule has 0 spiro atoms. The minimum Gasteiger partial charge on any atom is -0.422 e. The molecule has 0 unspecified atom stereocenters. The van der Waals surface area contributed by atoms with Crippen molar-refractivity contribution in [1.29, 1.82) is 0 Å². The summed E-state index contributed by atoms with van der Waals surface area (Å²) in [7, 11) is 6.82. The predicted octanol–water partition coefficient (Wildman–Crippen LogP) is 3.09. The first-order valence-corrected chi connectivity index (χ1v) is 13.3. The summed E-state index contributed by atoms with van der Waals surface area (Å²) in [6.07, 6.45) is -0.695. The predicted molar refractivity (Wildman–Crippen MR) is 149 cm³/mol. The van der Waals surface area contributed by atoms with Crippen molar-refractivity contribution in [2.75, 3.05) is 59.1 Å². The van der Waals surface area contributed by atoms with Crippen molar-refractivity contribution < 1.29 is 23.1 Å². The first kappa shape index (κ1) is 28.4. The highest BCUT2D eigenvalue weighted by Gasteiger charge is 2.24. The van der Waals surface area contributed by atoms with Gasteiger partial charge >= 0.3 is 11.7 Å². The van der Waals surface area contributed by atoms with E-state index < -0.39 is 17.5 Å². The minimum atomic E-state index is -0.679. The second kappa shape index (κ2) is 12.5. The molecule has 1 aromatic heterocycles. The first-order chi connectivity index (χ1) is 18.7. The molecule has 2 N–H and O–H groups in total. The second-order valence-electron chi connectivity index (χ2n) is 9.49. The van der Waals surface area contributed by atoms with Gasteiger partial charge < -0.3 is 28.6 Å². The maximum Gasteiger partial charge on any atom is 0.414 e. The van der Waals surface area contributed by atoms with Crippen LogP contribution in [-0.2, 0) is 17.6 Å². The molecule has 2 aromatic carbocycles. The summed E-state index contributed by atoms with van der Waals surface area (Å²) >= 11 is 1.12. The van der Waals surface area contributed by atoms with Crippen LogP contribution in [0.25, 0.3) is 11.0 Å². The lowest BCUT2D eigenvalue weighted by atomic mass is 9.95. The molecule has 4 rings (SSSR count). The molecule has 0 bridgehead atoms. The highest BCUT2D eigenvalue weighted by atomic mass is 32.2. The van der Waals surface area contributed by atoms with Gasteiger partial charge in [-0.05, 0) is 43.4 Å². The SMILES string of the molecule is CNSNc1cccc(Cc2c(CC(=O)N3CCN(C)CC3)c3ccc(OC(=O)N(C)C)cc3oc2=O)c1F. The molecule has 1 fully saturated rings. The third kappa shape index (κ3) is 6.70. The maximum absolute atomic E-state index is 15.3. The van der Waals surface area contributed by atoms with E-state index in [0.717, 1.165) is 25.2 Å². The molecule has 10 nitrogen and oxygen atoms in total. The summed E-state index contributed by atoms with van der Waals surface area (Å²) in [5, 5.41) is 0.525. The molecule has 3 aromatic rings. The zero-order valence-corrected chi connectivity index (χ0v) is 23.2. The largest absolute Gasteiger partial charge is 0.422 e. The van der Waals surface area contributed by atoms with Crippen molar-refractivity contribution in [3.8, 4) is 5.75 Å². The Bertz CT molecular complexity index is 1420. The van der Waals surface area contributed by atoms with Crippen molar-refractivity contribution in [3.63, 3.8) is 0 Å². The number of halogens is 1. The van der Waals surface area contributed by atoms with Crippen LogP contribution in [0, 0.1) is 5.82 Å². The molecule has 0 aliphatic carbocycles. The van der Waals surface area contributed by atoms with E-state index in [0.29, 0.717) is 24.0 Å². The first-order valence-electron chi connectivity index (χ1n) is 12.5. The summed E-state index contributed by atoms with van der Waals surface area (Å²) < 4.78 is 32.0. The Morgan fingerprint density at radius 3 is 2.56 bits per heavy atom. The van der Waals surface area contributed by atoms with Crippen LogP contribution in [0.15, 0.2) is 45.6 Å². The third-order valence-electron chi connectivity index (χ3n) is 6.55. The molecule has 2 amide bonds. The lowest BCUT2D eigenvalue weighted by Gasteiger charge is -2.32. The number of carbonyl (C=O) groups excluding carboxylic acids is 2. The molecule has 0 saturated carbocycles. The number of likely N-dealkylation sites (N-methyl/N-ethyl adjacent to an activating group) is 1. The van der Waals surface area contributed by atoms with Crippen LogP contribution in [0.3, 0.4) is 0 Å². The van der Waals surface area contributed by atoms with Gasteiger partial charge in [-0.2, -0.15) is 0 Å². The van der Waals surface area contributed by atoms with Crippen molar-refractivity contribution in [2.24, 2.45) is 0 Å². The number of nitrogens with one attached hydrogen (secondary N) is 2. The van der Waals surface area contributed by atoms with Gasteiger partial charge in [0.1, 0.15) is 11.3 Å². The van der Waals surface area contributed by atoms with Crippen molar-refractivity contribution in [1.82, 2.24) is 19.4 Å². The Kier molecular flexibility index (Phi) is 9.10. The van der Waals surface area contributed by atoms with Gasteiger partial charge in [0.25, 0.3) is 0 Å². The quantitative estimate of drug-likeness (QED) is 0.319. The molecule has 39 heavy (non-hydrogen) atoms. The van der Waals surface area contributed by atoms with Gasteiger partial charge in [-0.15, -0.1) is 0 Å². The Morgan fingerprint density at radius 1 is 1.13 bits per heavy atom. The Morgan fingerprint density at radius 2 is 1.87 bits per heavy atom. The highest BCUT2D eigenvalue weighted by molar-refractivity contribution is 7.98. The number of hydrogen-bond donors (Lipinski definition) is 2. The molecule has 0 atom stereocenters. The van der Waals surface area contributed by atoms with E-state index in [1.54, 1.807) is 56.4 Å². The lowest BCUT2D eigenvalue weighted by Crippen LogP contribution is -2.47. The molecule has 1 saturated heterocycles. The van der Waals surface area contributed by atoms with E-state index in [1.807, 2.05) is 7.05 Å². The number of fused-ring (bicyclic) bond motifs is 1. The molecule has 1 aliphatic rings. The molecule has 0 radical (unpaired) electrons. The number of hydrogen-bond acceptors (Lipinski definition) is 9. The molecular weight excluding hydrogens is 525 g/mol. The monoisotopic (exact) mass is 557 g/mol. The number of ether oxygens (including phenoxy) is 1. The van der Waals surface area contributed by atoms with Crippen LogP contribution in [-0.4, -0.2) is 81.1 Å². The summed E-state index contributed by atoms with van der Waals surface area (Å²) in [6, 6.07) is 9.58. The molecular formula is C27H32FN5O5S. The average Bonchev–Trinajstić information content (AvgIpc) is 2.91. The van der Waals surface area contributed by atoms with E-state index in [4.69, 9.17) is 9.15 Å². The Hall–Kier alpha value is -3.61. The zero-order valence-electron chi connectivity index (χ0n) is 22.4. The van der Waals surface area contributed by atoms with Gasteiger partial charge in [-0.1, -0.05) is 12.1 Å². The molecule has 2 heterocycles. The van der Waals surface area contributed by atoms with E-state index in [9.17, 15) is 14.4 Å². The van der Waals surface area contributed by atoms with E-state index in [2.05, 4.69) is 14.3 Å². The van der Waals surface area contributed by atoms with Gasteiger partial charge in [0.2, 0.25) is 5.91 Å². The number of piperazine rings is 1. The standard InChI is InChI=1S/C27H32FN5O5S/c1-29-39-30-22-7-5-6-17(25(22)28)14-21-20(16-24(34)33-12-10-32(4)11-13-33)19-9-8-18(37-27(36)31(2)3)15-23(19)38-26(21)35/h5-9,15,29-30H,10-14,16H2,1-4H3. The smallest absolute Gasteiger partial charge is 0.414 e. The Balaban J connectivity index is 1.76. The average molecular weight is 558 g/mol. The second-order valence-corrected chi connectivity index (χ2v) is 10.3. The van der Waals surface area contributed by atoms with Crippen molar-refractivity contribution in [3.05, 3.63) is 69.3 Å². The number of rotatable bonds is 8.